The van der Waals surface area contributed by atoms with E-state index in [1.165, 1.54) is 30.5 Å². The number of terminal acetylenes is 1. The Morgan fingerprint density at radius 3 is 2.74 bits per heavy atom. The number of benzene rings is 1. The molecular weight excluding hydrogens is 375 g/mol. The molecule has 0 amide bonds. The van der Waals surface area contributed by atoms with E-state index >= 15 is 0 Å². The largest absolute Gasteiger partial charge is 0.423 e. The van der Waals surface area contributed by atoms with Crippen molar-refractivity contribution in [2.75, 3.05) is 6.35 Å². The topological polar surface area (TPSA) is 120 Å². The number of nitrogens with one attached hydrogen (secondary N) is 1. The van der Waals surface area contributed by atoms with Crippen LogP contribution in [0.1, 0.15) is 11.8 Å². The fourth-order valence-corrected chi connectivity index (χ4v) is 3.12. The van der Waals surface area contributed by atoms with E-state index in [9.17, 15) is 19.0 Å². The lowest BCUT2D eigenvalue weighted by atomic mass is 10.3. The van der Waals surface area contributed by atoms with Crippen LogP contribution in [0.3, 0.4) is 0 Å². The first kappa shape index (κ1) is 18.9. The number of rotatable bonds is 6. The summed E-state index contributed by atoms with van der Waals surface area (Å²) >= 11 is 0. The van der Waals surface area contributed by atoms with E-state index in [-0.39, 0.29) is 11.3 Å². The van der Waals surface area contributed by atoms with Crippen molar-refractivity contribution >= 4 is 7.60 Å². The van der Waals surface area contributed by atoms with Crippen LogP contribution in [0.5, 0.6) is 5.75 Å². The fourth-order valence-electron chi connectivity index (χ4n) is 2.28. The molecule has 1 unspecified atom stereocenters. The fraction of sp³-hybridized carbons (Fsp3) is 0.176. The van der Waals surface area contributed by atoms with Crippen molar-refractivity contribution in [1.82, 2.24) is 9.55 Å². The number of para-hydroxylation sites is 1. The molecule has 10 heteroatoms. The number of ether oxygens (including phenoxy) is 2. The smallest absolute Gasteiger partial charge is 0.402 e. The minimum absolute atomic E-state index is 0.0351. The highest BCUT2D eigenvalue weighted by atomic mass is 31.2. The van der Waals surface area contributed by atoms with Gasteiger partial charge < -0.3 is 18.9 Å². The summed E-state index contributed by atoms with van der Waals surface area (Å²) in [7, 11) is -4.07. The number of H-pyrrole nitrogens is 1. The maximum Gasteiger partial charge on any atom is 0.402 e. The molecule has 1 aliphatic heterocycles. The van der Waals surface area contributed by atoms with Crippen LogP contribution in [0.2, 0.25) is 0 Å². The molecule has 2 N–H and O–H groups in total. The van der Waals surface area contributed by atoms with Gasteiger partial charge in [-0.1, -0.05) is 24.1 Å². The molecule has 3 atom stereocenters. The van der Waals surface area contributed by atoms with E-state index in [1.54, 1.807) is 18.2 Å². The summed E-state index contributed by atoms with van der Waals surface area (Å²) in [6.45, 7) is 0. The quantitative estimate of drug-likeness (QED) is 0.432. The van der Waals surface area contributed by atoms with Crippen molar-refractivity contribution in [3.63, 3.8) is 0 Å². The van der Waals surface area contributed by atoms with Gasteiger partial charge in [-0.2, -0.15) is 0 Å². The Morgan fingerprint density at radius 2 is 2.04 bits per heavy atom. The average molecular weight is 390 g/mol. The Hall–Kier alpha value is -2.89. The first-order chi connectivity index (χ1) is 12.9. The van der Waals surface area contributed by atoms with Gasteiger partial charge in [0.2, 0.25) is 0 Å². The van der Waals surface area contributed by atoms with Gasteiger partial charge in [0.25, 0.3) is 5.56 Å². The van der Waals surface area contributed by atoms with Crippen LogP contribution in [-0.2, 0) is 14.0 Å². The molecule has 0 saturated heterocycles. The lowest BCUT2D eigenvalue weighted by Gasteiger charge is -2.18. The van der Waals surface area contributed by atoms with E-state index in [0.29, 0.717) is 0 Å². The van der Waals surface area contributed by atoms with E-state index in [0.717, 1.165) is 4.57 Å². The molecule has 0 aliphatic carbocycles. The second kappa shape index (κ2) is 7.78. The van der Waals surface area contributed by atoms with Crippen molar-refractivity contribution in [1.29, 1.82) is 0 Å². The summed E-state index contributed by atoms with van der Waals surface area (Å²) in [5, 5.41) is 0. The Labute approximate surface area is 153 Å². The lowest BCUT2D eigenvalue weighted by molar-refractivity contribution is -0.127. The third-order valence-corrected chi connectivity index (χ3v) is 4.47. The van der Waals surface area contributed by atoms with Gasteiger partial charge in [0.1, 0.15) is 11.3 Å². The molecule has 1 aromatic carbocycles. The molecule has 0 spiro atoms. The number of hydrogen-bond donors (Lipinski definition) is 2. The van der Waals surface area contributed by atoms with Gasteiger partial charge in [0.05, 0.1) is 0 Å². The van der Waals surface area contributed by atoms with Crippen molar-refractivity contribution in [2.45, 2.75) is 12.5 Å². The van der Waals surface area contributed by atoms with Gasteiger partial charge in [-0.3, -0.25) is 14.3 Å². The van der Waals surface area contributed by atoms with Gasteiger partial charge in [0, 0.05) is 6.20 Å². The molecule has 0 saturated carbocycles. The van der Waals surface area contributed by atoms with Crippen molar-refractivity contribution < 1.29 is 23.5 Å². The number of hydrogen-bond acceptors (Lipinski definition) is 6. The maximum atomic E-state index is 12.1. The Kier molecular flexibility index (Phi) is 5.44. The molecule has 140 valence electrons. The van der Waals surface area contributed by atoms with Crippen molar-refractivity contribution in [3.8, 4) is 18.1 Å². The van der Waals surface area contributed by atoms with Crippen LogP contribution in [0.25, 0.3) is 0 Å². The molecule has 0 fully saturated rings. The predicted molar refractivity (Wildman–Crippen MR) is 95.2 cm³/mol. The monoisotopic (exact) mass is 390 g/mol. The first-order valence-electron chi connectivity index (χ1n) is 7.72. The molecule has 1 aliphatic rings. The normalized spacial score (nSPS) is 20.7. The number of aromatic nitrogens is 2. The molecular formula is C17H15N2O7P. The molecule has 2 heterocycles. The Bertz CT molecular complexity index is 1050. The van der Waals surface area contributed by atoms with E-state index < -0.39 is 37.7 Å². The highest BCUT2D eigenvalue weighted by Crippen LogP contribution is 2.43. The van der Waals surface area contributed by atoms with E-state index in [1.807, 2.05) is 0 Å². The van der Waals surface area contributed by atoms with Gasteiger partial charge in [-0.25, -0.2) is 9.36 Å². The predicted octanol–water partition coefficient (Wildman–Crippen LogP) is 1.17. The SMILES string of the molecule is C#Cc1cn([C@H]2C=C[C@@H](OCP(=O)(O)Oc3ccccc3)O2)c(=O)[nH]c1=O. The van der Waals surface area contributed by atoms with Crippen LogP contribution in [-0.4, -0.2) is 27.1 Å². The highest BCUT2D eigenvalue weighted by Gasteiger charge is 2.28. The Morgan fingerprint density at radius 1 is 1.30 bits per heavy atom. The second-order valence-electron chi connectivity index (χ2n) is 5.47. The summed E-state index contributed by atoms with van der Waals surface area (Å²) in [5.41, 5.74) is -1.42. The van der Waals surface area contributed by atoms with Crippen LogP contribution < -0.4 is 15.8 Å². The van der Waals surface area contributed by atoms with Gasteiger partial charge in [-0.15, -0.1) is 6.42 Å². The van der Waals surface area contributed by atoms with Crippen LogP contribution in [0.4, 0.5) is 0 Å². The van der Waals surface area contributed by atoms with Gasteiger partial charge in [0.15, 0.2) is 18.9 Å². The minimum Gasteiger partial charge on any atom is -0.423 e. The molecule has 0 radical (unpaired) electrons. The molecule has 27 heavy (non-hydrogen) atoms. The van der Waals surface area contributed by atoms with Crippen LogP contribution in [0.15, 0.2) is 58.3 Å². The zero-order chi connectivity index (χ0) is 19.4. The van der Waals surface area contributed by atoms with Gasteiger partial charge in [-0.05, 0) is 24.3 Å². The molecule has 2 aromatic rings. The highest BCUT2D eigenvalue weighted by molar-refractivity contribution is 7.53. The molecule has 9 nitrogen and oxygen atoms in total. The number of aromatic amines is 1. The third kappa shape index (κ3) is 4.64. The van der Waals surface area contributed by atoms with Crippen LogP contribution >= 0.6 is 7.60 Å². The summed E-state index contributed by atoms with van der Waals surface area (Å²) < 4.78 is 28.9. The lowest BCUT2D eigenvalue weighted by Crippen LogP contribution is -2.33. The molecule has 0 bridgehead atoms. The van der Waals surface area contributed by atoms with Crippen LogP contribution in [0, 0.1) is 12.3 Å². The van der Waals surface area contributed by atoms with Crippen molar-refractivity contribution in [2.24, 2.45) is 0 Å². The minimum atomic E-state index is -4.07. The maximum absolute atomic E-state index is 12.1. The molecule has 3 rings (SSSR count). The van der Waals surface area contributed by atoms with E-state index in [4.69, 9.17) is 20.4 Å². The standard InChI is InChI=1S/C17H15N2O7P/c1-2-12-10-19(17(21)18-16(12)20)14-8-9-15(25-14)24-11-27(22,23)26-13-6-4-3-5-7-13/h1,3-10,14-15H,11H2,(H,22,23)(H,18,20,21)/t14-,15+/m1/s1. The summed E-state index contributed by atoms with van der Waals surface area (Å²) in [4.78, 5) is 35.3. The average Bonchev–Trinajstić information content (AvgIpc) is 3.10. The molecule has 1 aromatic heterocycles. The number of nitrogens with zero attached hydrogens (tertiary/aromatic N) is 1. The van der Waals surface area contributed by atoms with Gasteiger partial charge >= 0.3 is 13.3 Å². The zero-order valence-electron chi connectivity index (χ0n) is 13.8. The third-order valence-electron chi connectivity index (χ3n) is 3.50. The summed E-state index contributed by atoms with van der Waals surface area (Å²) in [6, 6.07) is 8.15. The van der Waals surface area contributed by atoms with Crippen molar-refractivity contribution in [3.05, 3.63) is 75.1 Å². The Balaban J connectivity index is 1.62. The summed E-state index contributed by atoms with van der Waals surface area (Å²) in [5.74, 6) is 2.40. The second-order valence-corrected chi connectivity index (χ2v) is 7.19. The van der Waals surface area contributed by atoms with E-state index in [2.05, 4.69) is 10.9 Å². The first-order valence-corrected chi connectivity index (χ1v) is 9.48. The summed E-state index contributed by atoms with van der Waals surface area (Å²) in [6.07, 6.45) is 6.85. The zero-order valence-corrected chi connectivity index (χ0v) is 14.7.